The molecule has 0 saturated carbocycles. The first-order valence-corrected chi connectivity index (χ1v) is 7.23. The summed E-state index contributed by atoms with van der Waals surface area (Å²) in [5, 5.41) is 11.2. The molecule has 0 spiro atoms. The fourth-order valence-electron chi connectivity index (χ4n) is 1.26. The van der Waals surface area contributed by atoms with Crippen LogP contribution in [0.2, 0.25) is 5.02 Å². The van der Waals surface area contributed by atoms with Crippen molar-refractivity contribution < 1.29 is 13.2 Å². The molecule has 0 unspecified atom stereocenters. The number of carbonyl (C=O) groups is 1. The zero-order valence-corrected chi connectivity index (χ0v) is 11.7. The molecule has 1 aromatic carbocycles. The minimum Gasteiger partial charge on any atom is -0.355 e. The summed E-state index contributed by atoms with van der Waals surface area (Å²) in [7, 11) is -3.83. The number of carbonyl (C=O) groups excluding carboxylic acids is 1. The number of halogens is 1. The maximum absolute atomic E-state index is 11.9. The lowest BCUT2D eigenvalue weighted by atomic mass is 10.2. The van der Waals surface area contributed by atoms with Crippen LogP contribution in [-0.4, -0.2) is 27.4 Å². The largest absolute Gasteiger partial charge is 0.355 e. The van der Waals surface area contributed by atoms with Gasteiger partial charge in [0, 0.05) is 6.54 Å². The van der Waals surface area contributed by atoms with Gasteiger partial charge in [0.05, 0.1) is 22.0 Å². The summed E-state index contributed by atoms with van der Waals surface area (Å²) in [4.78, 5) is 11.1. The number of nitriles is 1. The third kappa shape index (κ3) is 4.21. The van der Waals surface area contributed by atoms with Crippen molar-refractivity contribution in [3.63, 3.8) is 0 Å². The van der Waals surface area contributed by atoms with E-state index < -0.39 is 15.9 Å². The quantitative estimate of drug-likeness (QED) is 0.833. The number of rotatable bonds is 5. The number of sulfonamides is 1. The zero-order chi connectivity index (χ0) is 14.5. The third-order valence-electron chi connectivity index (χ3n) is 2.17. The normalized spacial score (nSPS) is 10.8. The Hall–Kier alpha value is -1.62. The van der Waals surface area contributed by atoms with Gasteiger partial charge in [-0.1, -0.05) is 11.6 Å². The van der Waals surface area contributed by atoms with Crippen molar-refractivity contribution in [2.45, 2.75) is 11.8 Å². The Morgan fingerprint density at radius 1 is 1.47 bits per heavy atom. The molecule has 0 bridgehead atoms. The summed E-state index contributed by atoms with van der Waals surface area (Å²) in [6, 6.07) is 5.56. The van der Waals surface area contributed by atoms with E-state index in [1.807, 2.05) is 6.07 Å². The fourth-order valence-corrected chi connectivity index (χ4v) is 2.55. The van der Waals surface area contributed by atoms with Gasteiger partial charge in [0.25, 0.3) is 0 Å². The van der Waals surface area contributed by atoms with Crippen LogP contribution in [0.25, 0.3) is 0 Å². The summed E-state index contributed by atoms with van der Waals surface area (Å²) < 4.78 is 25.9. The van der Waals surface area contributed by atoms with E-state index >= 15 is 0 Å². The van der Waals surface area contributed by atoms with E-state index in [9.17, 15) is 13.2 Å². The van der Waals surface area contributed by atoms with Gasteiger partial charge in [-0.2, -0.15) is 5.26 Å². The van der Waals surface area contributed by atoms with Gasteiger partial charge in [-0.25, -0.2) is 13.1 Å². The topological polar surface area (TPSA) is 99.1 Å². The first kappa shape index (κ1) is 15.4. The molecule has 8 heteroatoms. The predicted octanol–water partition coefficient (Wildman–Crippen LogP) is 0.626. The molecule has 0 saturated heterocycles. The van der Waals surface area contributed by atoms with E-state index in [1.54, 1.807) is 6.92 Å². The molecule has 1 amide bonds. The molecule has 0 atom stereocenters. The Morgan fingerprint density at radius 2 is 2.16 bits per heavy atom. The van der Waals surface area contributed by atoms with Crippen LogP contribution in [0.15, 0.2) is 23.1 Å². The molecule has 0 fully saturated rings. The van der Waals surface area contributed by atoms with Crippen molar-refractivity contribution in [3.05, 3.63) is 28.8 Å². The molecule has 0 aliphatic rings. The van der Waals surface area contributed by atoms with Gasteiger partial charge in [0.1, 0.15) is 6.07 Å². The number of hydrogen-bond donors (Lipinski definition) is 2. The van der Waals surface area contributed by atoms with Crippen molar-refractivity contribution in [2.24, 2.45) is 0 Å². The molecule has 0 radical (unpaired) electrons. The highest BCUT2D eigenvalue weighted by atomic mass is 35.5. The molecule has 1 aromatic rings. The summed E-state index contributed by atoms with van der Waals surface area (Å²) in [5.74, 6) is -0.425. The molecule has 0 aromatic heterocycles. The third-order valence-corrected chi connectivity index (χ3v) is 3.88. The van der Waals surface area contributed by atoms with Crippen LogP contribution in [-0.2, 0) is 14.8 Å². The Balaban J connectivity index is 2.87. The second-order valence-corrected chi connectivity index (χ2v) is 5.71. The Kier molecular flexibility index (Phi) is 5.30. The zero-order valence-electron chi connectivity index (χ0n) is 10.1. The maximum atomic E-state index is 11.9. The van der Waals surface area contributed by atoms with Crippen LogP contribution >= 0.6 is 11.6 Å². The van der Waals surface area contributed by atoms with E-state index in [0.29, 0.717) is 6.54 Å². The lowest BCUT2D eigenvalue weighted by molar-refractivity contribution is -0.119. The molecule has 2 N–H and O–H groups in total. The van der Waals surface area contributed by atoms with E-state index in [4.69, 9.17) is 16.9 Å². The second-order valence-electron chi connectivity index (χ2n) is 3.53. The molecular weight excluding hydrogens is 290 g/mol. The summed E-state index contributed by atoms with van der Waals surface area (Å²) in [6.45, 7) is 1.80. The minimum absolute atomic E-state index is 0.0448. The Bertz CT molecular complexity index is 623. The Morgan fingerprint density at radius 3 is 2.68 bits per heavy atom. The first-order valence-electron chi connectivity index (χ1n) is 5.36. The monoisotopic (exact) mass is 301 g/mol. The summed E-state index contributed by atoms with van der Waals surface area (Å²) >= 11 is 5.75. The molecule has 0 heterocycles. The number of likely N-dealkylation sites (N-methyl/N-ethyl adjacent to an activating group) is 1. The van der Waals surface area contributed by atoms with Gasteiger partial charge < -0.3 is 5.32 Å². The van der Waals surface area contributed by atoms with Crippen molar-refractivity contribution in [1.29, 1.82) is 5.26 Å². The van der Waals surface area contributed by atoms with Gasteiger partial charge >= 0.3 is 0 Å². The molecule has 19 heavy (non-hydrogen) atoms. The van der Waals surface area contributed by atoms with Gasteiger partial charge in [-0.05, 0) is 25.1 Å². The standard InChI is InChI=1S/C11H12ClN3O3S/c1-2-14-11(16)7-15-19(17,18)9-4-3-8(6-13)10(12)5-9/h3-5,15H,2,7H2,1H3,(H,14,16). The van der Waals surface area contributed by atoms with Crippen molar-refractivity contribution in [3.8, 4) is 6.07 Å². The number of hydrogen-bond acceptors (Lipinski definition) is 4. The molecule has 1 rings (SSSR count). The Labute approximate surface area is 116 Å². The number of benzene rings is 1. The number of nitrogens with zero attached hydrogens (tertiary/aromatic N) is 1. The van der Waals surface area contributed by atoms with Crippen LogP contribution in [0.5, 0.6) is 0 Å². The molecule has 6 nitrogen and oxygen atoms in total. The number of amides is 1. The molecule has 102 valence electrons. The van der Waals surface area contributed by atoms with Crippen LogP contribution in [0.4, 0.5) is 0 Å². The van der Waals surface area contributed by atoms with Crippen molar-refractivity contribution >= 4 is 27.5 Å². The van der Waals surface area contributed by atoms with Crippen LogP contribution in [0.3, 0.4) is 0 Å². The van der Waals surface area contributed by atoms with Gasteiger partial charge in [0.2, 0.25) is 15.9 Å². The van der Waals surface area contributed by atoms with Crippen LogP contribution in [0, 0.1) is 11.3 Å². The van der Waals surface area contributed by atoms with Gasteiger partial charge in [0.15, 0.2) is 0 Å². The van der Waals surface area contributed by atoms with E-state index in [2.05, 4.69) is 10.0 Å². The fraction of sp³-hybridized carbons (Fsp3) is 0.273. The van der Waals surface area contributed by atoms with Crippen molar-refractivity contribution in [2.75, 3.05) is 13.1 Å². The van der Waals surface area contributed by atoms with Crippen LogP contribution in [0.1, 0.15) is 12.5 Å². The van der Waals surface area contributed by atoms with Gasteiger partial charge in [-0.3, -0.25) is 4.79 Å². The highest BCUT2D eigenvalue weighted by Gasteiger charge is 2.16. The molecule has 0 aliphatic heterocycles. The molecular formula is C11H12ClN3O3S. The van der Waals surface area contributed by atoms with Gasteiger partial charge in [-0.15, -0.1) is 0 Å². The SMILES string of the molecule is CCNC(=O)CNS(=O)(=O)c1ccc(C#N)c(Cl)c1. The first-order chi connectivity index (χ1) is 8.90. The maximum Gasteiger partial charge on any atom is 0.241 e. The second kappa shape index (κ2) is 6.52. The number of nitrogens with one attached hydrogen (secondary N) is 2. The lowest BCUT2D eigenvalue weighted by Gasteiger charge is -2.07. The predicted molar refractivity (Wildman–Crippen MR) is 70.0 cm³/mol. The average Bonchev–Trinajstić information content (AvgIpc) is 2.37. The highest BCUT2D eigenvalue weighted by molar-refractivity contribution is 7.89. The summed E-state index contributed by atoms with van der Waals surface area (Å²) in [5.41, 5.74) is 0.185. The van der Waals surface area contributed by atoms with E-state index in [1.165, 1.54) is 18.2 Å². The minimum atomic E-state index is -3.83. The van der Waals surface area contributed by atoms with E-state index in [0.717, 1.165) is 0 Å². The summed E-state index contributed by atoms with van der Waals surface area (Å²) in [6.07, 6.45) is 0. The molecule has 0 aliphatic carbocycles. The van der Waals surface area contributed by atoms with Crippen LogP contribution < -0.4 is 10.0 Å². The highest BCUT2D eigenvalue weighted by Crippen LogP contribution is 2.19. The van der Waals surface area contributed by atoms with E-state index in [-0.39, 0.29) is 22.0 Å². The van der Waals surface area contributed by atoms with Crippen molar-refractivity contribution in [1.82, 2.24) is 10.0 Å². The lowest BCUT2D eigenvalue weighted by Crippen LogP contribution is -2.36. The average molecular weight is 302 g/mol. The smallest absolute Gasteiger partial charge is 0.241 e.